The third-order valence-electron chi connectivity index (χ3n) is 4.24. The Morgan fingerprint density at radius 2 is 1.89 bits per heavy atom. The number of benzene rings is 2. The van der Waals surface area contributed by atoms with Crippen LogP contribution in [-0.4, -0.2) is 41.2 Å². The van der Waals surface area contributed by atoms with Crippen molar-refractivity contribution in [3.05, 3.63) is 72.2 Å². The van der Waals surface area contributed by atoms with Gasteiger partial charge in [-0.2, -0.15) is 5.10 Å². The van der Waals surface area contributed by atoms with E-state index in [1.807, 2.05) is 36.4 Å². The van der Waals surface area contributed by atoms with Crippen LogP contribution in [0.3, 0.4) is 0 Å². The molecule has 3 rings (SSSR count). The molecule has 27 heavy (non-hydrogen) atoms. The second kappa shape index (κ2) is 8.98. The van der Waals surface area contributed by atoms with Crippen molar-refractivity contribution >= 4 is 5.91 Å². The van der Waals surface area contributed by atoms with Crippen LogP contribution < -0.4 is 4.74 Å². The molecule has 0 aliphatic heterocycles. The summed E-state index contributed by atoms with van der Waals surface area (Å²) in [6.45, 7) is 0.551. The molecule has 3 aromatic rings. The summed E-state index contributed by atoms with van der Waals surface area (Å²) in [7, 11) is 1.75. The number of aromatic amines is 1. The van der Waals surface area contributed by atoms with Crippen LogP contribution in [0, 0.1) is 5.82 Å². The van der Waals surface area contributed by atoms with Crippen LogP contribution in [0.1, 0.15) is 12.1 Å². The van der Waals surface area contributed by atoms with E-state index in [0.29, 0.717) is 12.3 Å². The first-order valence-corrected chi connectivity index (χ1v) is 8.84. The molecule has 1 N–H and O–H groups in total. The topological polar surface area (TPSA) is 58.2 Å². The van der Waals surface area contributed by atoms with E-state index in [1.165, 1.54) is 24.3 Å². The predicted molar refractivity (Wildman–Crippen MR) is 102 cm³/mol. The Balaban J connectivity index is 1.41. The highest BCUT2D eigenvalue weighted by Gasteiger charge is 2.10. The Bertz CT molecular complexity index is 863. The zero-order chi connectivity index (χ0) is 19.1. The van der Waals surface area contributed by atoms with E-state index in [2.05, 4.69) is 10.2 Å². The van der Waals surface area contributed by atoms with Crippen LogP contribution in [0.5, 0.6) is 5.75 Å². The minimum Gasteiger partial charge on any atom is -0.484 e. The summed E-state index contributed by atoms with van der Waals surface area (Å²) in [5, 5.41) is 7.39. The van der Waals surface area contributed by atoms with Crippen molar-refractivity contribution in [1.82, 2.24) is 15.1 Å². The van der Waals surface area contributed by atoms with Gasteiger partial charge in [-0.3, -0.25) is 9.89 Å². The van der Waals surface area contributed by atoms with Crippen molar-refractivity contribution in [2.24, 2.45) is 0 Å². The zero-order valence-electron chi connectivity index (χ0n) is 15.2. The lowest BCUT2D eigenvalue weighted by atomic mass is 10.1. The summed E-state index contributed by atoms with van der Waals surface area (Å²) in [6, 6.07) is 17.6. The van der Waals surface area contributed by atoms with E-state index in [4.69, 9.17) is 4.74 Å². The fourth-order valence-electron chi connectivity index (χ4n) is 2.66. The first kappa shape index (κ1) is 18.6. The molecule has 1 aromatic heterocycles. The Morgan fingerprint density at radius 1 is 1.15 bits per heavy atom. The van der Waals surface area contributed by atoms with Gasteiger partial charge in [-0.05, 0) is 43.2 Å². The Hall–Kier alpha value is -3.15. The van der Waals surface area contributed by atoms with Crippen molar-refractivity contribution in [3.8, 4) is 17.0 Å². The van der Waals surface area contributed by atoms with Gasteiger partial charge in [0, 0.05) is 24.8 Å². The maximum Gasteiger partial charge on any atom is 0.260 e. The summed E-state index contributed by atoms with van der Waals surface area (Å²) >= 11 is 0. The largest absolute Gasteiger partial charge is 0.484 e. The molecule has 2 aromatic carbocycles. The van der Waals surface area contributed by atoms with Crippen LogP contribution in [0.2, 0.25) is 0 Å². The van der Waals surface area contributed by atoms with E-state index < -0.39 is 0 Å². The van der Waals surface area contributed by atoms with Crippen LogP contribution >= 0.6 is 0 Å². The smallest absolute Gasteiger partial charge is 0.260 e. The first-order chi connectivity index (χ1) is 13.1. The zero-order valence-corrected chi connectivity index (χ0v) is 15.2. The number of hydrogen-bond donors (Lipinski definition) is 1. The molecule has 1 heterocycles. The minimum atomic E-state index is -0.333. The molecular weight excluding hydrogens is 345 g/mol. The Labute approximate surface area is 157 Å². The highest BCUT2D eigenvalue weighted by molar-refractivity contribution is 5.77. The van der Waals surface area contributed by atoms with E-state index in [-0.39, 0.29) is 18.3 Å². The molecule has 0 fully saturated rings. The lowest BCUT2D eigenvalue weighted by molar-refractivity contribution is -0.132. The van der Waals surface area contributed by atoms with E-state index >= 15 is 0 Å². The number of aryl methyl sites for hydroxylation is 1. The second-order valence-corrected chi connectivity index (χ2v) is 6.31. The molecule has 6 heteroatoms. The van der Waals surface area contributed by atoms with Gasteiger partial charge in [0.2, 0.25) is 0 Å². The van der Waals surface area contributed by atoms with Crippen molar-refractivity contribution in [2.75, 3.05) is 20.2 Å². The van der Waals surface area contributed by atoms with Crippen molar-refractivity contribution < 1.29 is 13.9 Å². The number of nitrogens with zero attached hydrogens (tertiary/aromatic N) is 2. The SMILES string of the molecule is CN(CCCc1cc(-c2ccccc2)n[nH]1)C(=O)COc1ccc(F)cc1. The van der Waals surface area contributed by atoms with Crippen molar-refractivity contribution in [1.29, 1.82) is 0 Å². The molecule has 140 valence electrons. The van der Waals surface area contributed by atoms with E-state index in [1.54, 1.807) is 11.9 Å². The quantitative estimate of drug-likeness (QED) is 0.661. The number of nitrogens with one attached hydrogen (secondary N) is 1. The summed E-state index contributed by atoms with van der Waals surface area (Å²) in [4.78, 5) is 13.8. The number of aromatic nitrogens is 2. The molecule has 5 nitrogen and oxygen atoms in total. The molecule has 0 saturated carbocycles. The summed E-state index contributed by atoms with van der Waals surface area (Å²) < 4.78 is 18.2. The summed E-state index contributed by atoms with van der Waals surface area (Å²) in [6.07, 6.45) is 1.62. The fraction of sp³-hybridized carbons (Fsp3) is 0.238. The molecule has 0 aliphatic carbocycles. The average molecular weight is 367 g/mol. The third kappa shape index (κ3) is 5.41. The number of H-pyrrole nitrogens is 1. The molecule has 1 amide bonds. The number of halogens is 1. The van der Waals surface area contributed by atoms with Gasteiger partial charge in [-0.25, -0.2) is 4.39 Å². The molecule has 0 saturated heterocycles. The minimum absolute atomic E-state index is 0.0651. The summed E-state index contributed by atoms with van der Waals surface area (Å²) in [5.74, 6) is 0.0259. The first-order valence-electron chi connectivity index (χ1n) is 8.84. The van der Waals surface area contributed by atoms with Gasteiger partial charge in [-0.15, -0.1) is 0 Å². The van der Waals surface area contributed by atoms with Gasteiger partial charge < -0.3 is 9.64 Å². The molecule has 0 atom stereocenters. The number of likely N-dealkylation sites (N-methyl/N-ethyl adjacent to an activating group) is 1. The van der Waals surface area contributed by atoms with E-state index in [9.17, 15) is 9.18 Å². The molecule has 0 aliphatic rings. The third-order valence-corrected chi connectivity index (χ3v) is 4.24. The van der Waals surface area contributed by atoms with E-state index in [0.717, 1.165) is 29.8 Å². The molecule has 0 unspecified atom stereocenters. The maximum atomic E-state index is 12.9. The number of ether oxygens (including phenoxy) is 1. The number of amides is 1. The van der Waals surface area contributed by atoms with Gasteiger partial charge in [0.1, 0.15) is 11.6 Å². The van der Waals surface area contributed by atoms with Gasteiger partial charge in [-0.1, -0.05) is 30.3 Å². The number of rotatable bonds is 8. The molecule has 0 spiro atoms. The molecule has 0 radical (unpaired) electrons. The van der Waals surface area contributed by atoms with Gasteiger partial charge in [0.25, 0.3) is 5.91 Å². The Morgan fingerprint density at radius 3 is 2.63 bits per heavy atom. The van der Waals surface area contributed by atoms with Crippen LogP contribution in [-0.2, 0) is 11.2 Å². The number of carbonyl (C=O) groups excluding carboxylic acids is 1. The lowest BCUT2D eigenvalue weighted by Crippen LogP contribution is -2.32. The maximum absolute atomic E-state index is 12.9. The highest BCUT2D eigenvalue weighted by atomic mass is 19.1. The molecule has 0 bridgehead atoms. The van der Waals surface area contributed by atoms with Crippen LogP contribution in [0.4, 0.5) is 4.39 Å². The number of carbonyl (C=O) groups is 1. The van der Waals surface area contributed by atoms with Crippen molar-refractivity contribution in [2.45, 2.75) is 12.8 Å². The fourth-order valence-corrected chi connectivity index (χ4v) is 2.66. The summed E-state index contributed by atoms with van der Waals surface area (Å²) in [5.41, 5.74) is 3.03. The standard InChI is InChI=1S/C21H22FN3O2/c1-25(21(26)15-27-19-11-9-17(22)10-12-19)13-5-8-18-14-20(24-23-18)16-6-3-2-4-7-16/h2-4,6-7,9-12,14H,5,8,13,15H2,1H3,(H,23,24). The Kier molecular flexibility index (Phi) is 6.20. The van der Waals surface area contributed by atoms with Gasteiger partial charge in [0.15, 0.2) is 6.61 Å². The van der Waals surface area contributed by atoms with Crippen molar-refractivity contribution in [3.63, 3.8) is 0 Å². The lowest BCUT2D eigenvalue weighted by Gasteiger charge is -2.17. The average Bonchev–Trinajstić information content (AvgIpc) is 3.17. The van der Waals surface area contributed by atoms with Crippen LogP contribution in [0.25, 0.3) is 11.3 Å². The predicted octanol–water partition coefficient (Wildman–Crippen LogP) is 3.69. The monoisotopic (exact) mass is 367 g/mol. The van der Waals surface area contributed by atoms with Gasteiger partial charge >= 0.3 is 0 Å². The van der Waals surface area contributed by atoms with Gasteiger partial charge in [0.05, 0.1) is 5.69 Å². The molecular formula is C21H22FN3O2. The number of hydrogen-bond acceptors (Lipinski definition) is 3. The highest BCUT2D eigenvalue weighted by Crippen LogP contribution is 2.17. The normalized spacial score (nSPS) is 10.6. The van der Waals surface area contributed by atoms with Crippen LogP contribution in [0.15, 0.2) is 60.7 Å². The second-order valence-electron chi connectivity index (χ2n) is 6.31.